The first kappa shape index (κ1) is 24.7. The number of hydrogen-bond donors (Lipinski definition) is 0. The third-order valence-corrected chi connectivity index (χ3v) is 8.83. The SMILES string of the molecule is Cc1ccc2n1[B-](F)(F)n1c(C)ccc1[C+]2c1ccc(-c2c3ccccc3c(-c3ccccc3)c3ccccc23)cc1. The van der Waals surface area contributed by atoms with Crippen LogP contribution in [0.15, 0.2) is 127 Å². The molecule has 0 saturated heterocycles. The highest BCUT2D eigenvalue weighted by atomic mass is 19.2. The number of rotatable bonds is 3. The third-order valence-electron chi connectivity index (χ3n) is 8.83. The molecule has 5 heteroatoms. The fraction of sp³-hybridized carbons (Fsp3) is 0.0541. The van der Waals surface area contributed by atoms with Crippen LogP contribution in [0, 0.1) is 19.8 Å². The van der Waals surface area contributed by atoms with Gasteiger partial charge in [-0.05, 0) is 93.3 Å². The van der Waals surface area contributed by atoms with Crippen molar-refractivity contribution in [2.75, 3.05) is 0 Å². The number of aromatic nitrogens is 2. The van der Waals surface area contributed by atoms with Gasteiger partial charge in [0, 0.05) is 24.3 Å². The Balaban J connectivity index is 1.33. The molecule has 0 radical (unpaired) electrons. The summed E-state index contributed by atoms with van der Waals surface area (Å²) in [6.07, 6.45) is 0. The predicted octanol–water partition coefficient (Wildman–Crippen LogP) is 9.65. The van der Waals surface area contributed by atoms with Crippen LogP contribution in [0.1, 0.15) is 28.3 Å². The van der Waals surface area contributed by atoms with Crippen molar-refractivity contribution >= 4 is 28.5 Å². The van der Waals surface area contributed by atoms with E-state index in [1.54, 1.807) is 26.0 Å². The van der Waals surface area contributed by atoms with Crippen molar-refractivity contribution in [3.8, 4) is 22.3 Å². The van der Waals surface area contributed by atoms with E-state index in [9.17, 15) is 0 Å². The molecule has 0 N–H and O–H groups in total. The average molecular weight is 548 g/mol. The highest BCUT2D eigenvalue weighted by Gasteiger charge is 2.45. The molecule has 0 amide bonds. The molecule has 0 spiro atoms. The van der Waals surface area contributed by atoms with Gasteiger partial charge < -0.3 is 17.6 Å². The average Bonchev–Trinajstić information content (AvgIpc) is 3.60. The summed E-state index contributed by atoms with van der Waals surface area (Å²) < 4.78 is 34.0. The van der Waals surface area contributed by atoms with Crippen molar-refractivity contribution in [1.29, 1.82) is 0 Å². The van der Waals surface area contributed by atoms with Crippen molar-refractivity contribution in [1.82, 2.24) is 8.96 Å². The fourth-order valence-corrected chi connectivity index (χ4v) is 7.03. The van der Waals surface area contributed by atoms with Crippen LogP contribution in [0.5, 0.6) is 0 Å². The van der Waals surface area contributed by atoms with Gasteiger partial charge in [-0.2, -0.15) is 0 Å². The van der Waals surface area contributed by atoms with Crippen LogP contribution in [0.2, 0.25) is 0 Å². The number of hydrogen-bond acceptors (Lipinski definition) is 0. The Kier molecular flexibility index (Phi) is 5.30. The molecule has 2 nitrogen and oxygen atoms in total. The summed E-state index contributed by atoms with van der Waals surface area (Å²) in [4.78, 5) is 0. The molecule has 5 aromatic carbocycles. The zero-order valence-corrected chi connectivity index (χ0v) is 23.4. The first-order valence-electron chi connectivity index (χ1n) is 14.3. The monoisotopic (exact) mass is 548 g/mol. The minimum absolute atomic E-state index is 0.555. The number of nitrogens with zero attached hydrogens (tertiary/aromatic N) is 2. The lowest BCUT2D eigenvalue weighted by Crippen LogP contribution is -2.50. The first-order valence-corrected chi connectivity index (χ1v) is 14.3. The van der Waals surface area contributed by atoms with Crippen LogP contribution in [0.3, 0.4) is 0 Å². The molecule has 0 fully saturated rings. The summed E-state index contributed by atoms with van der Waals surface area (Å²) in [5, 5.41) is 4.78. The molecule has 42 heavy (non-hydrogen) atoms. The van der Waals surface area contributed by atoms with Crippen molar-refractivity contribution in [2.24, 2.45) is 0 Å². The fourth-order valence-electron chi connectivity index (χ4n) is 7.03. The van der Waals surface area contributed by atoms with Gasteiger partial charge >= 0.3 is 6.97 Å². The largest absolute Gasteiger partial charge is 0.535 e. The Morgan fingerprint density at radius 3 is 1.33 bits per heavy atom. The van der Waals surface area contributed by atoms with Crippen LogP contribution in [-0.2, 0) is 0 Å². The van der Waals surface area contributed by atoms with Gasteiger partial charge in [0.2, 0.25) is 0 Å². The van der Waals surface area contributed by atoms with Crippen LogP contribution in [0.25, 0.3) is 43.8 Å². The Morgan fingerprint density at radius 1 is 0.476 bits per heavy atom. The molecule has 0 bridgehead atoms. The van der Waals surface area contributed by atoms with Crippen LogP contribution in [0.4, 0.5) is 8.63 Å². The van der Waals surface area contributed by atoms with Crippen molar-refractivity contribution < 1.29 is 8.63 Å². The smallest absolute Gasteiger partial charge is 0.437 e. The van der Waals surface area contributed by atoms with E-state index in [0.29, 0.717) is 22.8 Å². The Morgan fingerprint density at radius 2 is 0.881 bits per heavy atom. The molecule has 0 atom stereocenters. The summed E-state index contributed by atoms with van der Waals surface area (Å²) in [6.45, 7) is -0.469. The molecular formula is C37H27BF2N2. The maximum absolute atomic E-state index is 15.8. The minimum Gasteiger partial charge on any atom is -0.437 e. The Hall–Kier alpha value is -5.03. The highest BCUT2D eigenvalue weighted by Crippen LogP contribution is 2.45. The summed E-state index contributed by atoms with van der Waals surface area (Å²) >= 11 is 0. The second kappa shape index (κ2) is 8.99. The Bertz CT molecular complexity index is 2030. The van der Waals surface area contributed by atoms with Crippen molar-refractivity contribution in [2.45, 2.75) is 13.8 Å². The summed E-state index contributed by atoms with van der Waals surface area (Å²) in [5.41, 5.74) is 7.82. The maximum atomic E-state index is 15.8. The second-order valence-electron chi connectivity index (χ2n) is 11.2. The lowest BCUT2D eigenvalue weighted by atomic mass is 9.81. The zero-order valence-electron chi connectivity index (χ0n) is 23.4. The van der Waals surface area contributed by atoms with Gasteiger partial charge in [0.15, 0.2) is 0 Å². The predicted molar refractivity (Wildman–Crippen MR) is 170 cm³/mol. The third kappa shape index (κ3) is 3.40. The van der Waals surface area contributed by atoms with Crippen LogP contribution in [-0.4, -0.2) is 15.9 Å². The summed E-state index contributed by atoms with van der Waals surface area (Å²) in [6, 6.07) is 43.4. The molecule has 3 heterocycles. The summed E-state index contributed by atoms with van der Waals surface area (Å²) in [5.74, 6) is 0.824. The minimum atomic E-state index is -3.97. The lowest BCUT2D eigenvalue weighted by molar-refractivity contribution is 0.514. The van der Waals surface area contributed by atoms with Gasteiger partial charge in [0.05, 0.1) is 17.0 Å². The van der Waals surface area contributed by atoms with Gasteiger partial charge in [-0.25, -0.2) is 0 Å². The first-order chi connectivity index (χ1) is 20.4. The molecule has 1 aliphatic heterocycles. The normalized spacial score (nSPS) is 13.9. The molecule has 0 saturated carbocycles. The topological polar surface area (TPSA) is 9.86 Å². The number of benzene rings is 5. The quantitative estimate of drug-likeness (QED) is 0.118. The van der Waals surface area contributed by atoms with Crippen LogP contribution < -0.4 is 0 Å². The van der Waals surface area contributed by atoms with Gasteiger partial charge in [-0.15, -0.1) is 0 Å². The van der Waals surface area contributed by atoms with E-state index < -0.39 is 6.97 Å². The van der Waals surface area contributed by atoms with Gasteiger partial charge in [-0.3, -0.25) is 0 Å². The molecule has 8 rings (SSSR count). The highest BCUT2D eigenvalue weighted by molar-refractivity contribution is 6.64. The Labute approximate surface area is 243 Å². The van der Waals surface area contributed by atoms with Gasteiger partial charge in [-0.1, -0.05) is 78.9 Å². The molecule has 1 aliphatic rings. The van der Waals surface area contributed by atoms with E-state index in [0.717, 1.165) is 17.0 Å². The van der Waals surface area contributed by atoms with Gasteiger partial charge in [0.1, 0.15) is 5.92 Å². The number of fused-ring (bicyclic) bond motifs is 4. The van der Waals surface area contributed by atoms with Crippen molar-refractivity contribution in [3.63, 3.8) is 0 Å². The van der Waals surface area contributed by atoms with E-state index >= 15 is 8.63 Å². The maximum Gasteiger partial charge on any atom is 0.535 e. The van der Waals surface area contributed by atoms with Gasteiger partial charge in [0.25, 0.3) is 0 Å². The molecule has 0 aliphatic carbocycles. The van der Waals surface area contributed by atoms with E-state index in [1.165, 1.54) is 47.2 Å². The molecule has 202 valence electrons. The van der Waals surface area contributed by atoms with E-state index in [-0.39, 0.29) is 0 Å². The number of aryl methyl sites for hydroxylation is 2. The lowest BCUT2D eigenvalue weighted by Gasteiger charge is -2.39. The van der Waals surface area contributed by atoms with Crippen LogP contribution >= 0.6 is 0 Å². The molecule has 0 unspecified atom stereocenters. The molecule has 2 aromatic heterocycles. The van der Waals surface area contributed by atoms with E-state index in [2.05, 4.69) is 97.1 Å². The zero-order chi connectivity index (χ0) is 28.6. The van der Waals surface area contributed by atoms with E-state index in [4.69, 9.17) is 0 Å². The standard InChI is InChI=1S/C37H27BF2N2/c1-24-16-22-33-37(34-23-17-25(2)42(34)38(39,40)41(24)33)28-20-18-27(19-21-28)36-31-14-8-6-12-29(31)35(26-10-4-3-5-11-26)30-13-7-9-15-32(30)36/h3-23H,1-2H3. The molecular weight excluding hydrogens is 521 g/mol. The summed E-state index contributed by atoms with van der Waals surface area (Å²) in [7, 11) is 0. The van der Waals surface area contributed by atoms with Crippen molar-refractivity contribution in [3.05, 3.63) is 162 Å². The van der Waals surface area contributed by atoms with E-state index in [1.807, 2.05) is 18.2 Å². The molecule has 7 aromatic rings. The number of halogens is 2. The second-order valence-corrected chi connectivity index (χ2v) is 11.2.